The van der Waals surface area contributed by atoms with Crippen molar-refractivity contribution in [3.05, 3.63) is 54.4 Å². The second-order valence-corrected chi connectivity index (χ2v) is 13.5. The normalized spacial score (nSPS) is 16.2. The molecule has 1 aliphatic rings. The molecule has 0 radical (unpaired) electrons. The minimum atomic E-state index is -4.06. The summed E-state index contributed by atoms with van der Waals surface area (Å²) in [6.07, 6.45) is 0.316. The van der Waals surface area contributed by atoms with E-state index in [0.29, 0.717) is 18.4 Å². The van der Waals surface area contributed by atoms with Gasteiger partial charge >= 0.3 is 6.11 Å². The zero-order valence-electron chi connectivity index (χ0n) is 21.2. The summed E-state index contributed by atoms with van der Waals surface area (Å²) in [5.41, 5.74) is -0.577. The maximum absolute atomic E-state index is 15.3. The topological polar surface area (TPSA) is 143 Å². The fourth-order valence-electron chi connectivity index (χ4n) is 3.76. The SMILES string of the molecule is CC#C[C@H](N[C@@H](CS(=O)(=O)Cc1cccnc1)C(=O)CC1(C#N)CC1)C(F)(F)Oc1ccc(S(C)(=O)=O)cc1. The number of rotatable bonds is 13. The molecule has 0 saturated heterocycles. The molecule has 9 nitrogen and oxygen atoms in total. The largest absolute Gasteiger partial charge is 0.431 e. The van der Waals surface area contributed by atoms with Gasteiger partial charge in [-0.05, 0) is 55.7 Å². The predicted molar refractivity (Wildman–Crippen MR) is 138 cm³/mol. The number of hydrogen-bond acceptors (Lipinski definition) is 9. The molecule has 39 heavy (non-hydrogen) atoms. The molecule has 0 bridgehead atoms. The van der Waals surface area contributed by atoms with Crippen molar-refractivity contribution in [2.45, 2.75) is 55.0 Å². The first kappa shape index (κ1) is 30.2. The van der Waals surface area contributed by atoms with Crippen LogP contribution in [0.4, 0.5) is 8.78 Å². The molecule has 0 aliphatic heterocycles. The van der Waals surface area contributed by atoms with Crippen LogP contribution in [-0.4, -0.2) is 57.8 Å². The molecular formula is C26H27F2N3O6S2. The lowest BCUT2D eigenvalue weighted by atomic mass is 9.97. The molecule has 2 aromatic rings. The Morgan fingerprint density at radius 2 is 1.87 bits per heavy atom. The van der Waals surface area contributed by atoms with E-state index in [1.807, 2.05) is 6.07 Å². The quantitative estimate of drug-likeness (QED) is 0.354. The molecule has 1 aliphatic carbocycles. The average Bonchev–Trinajstić information content (AvgIpc) is 3.62. The first-order valence-electron chi connectivity index (χ1n) is 11.8. The van der Waals surface area contributed by atoms with Gasteiger partial charge in [0, 0.05) is 25.1 Å². The molecule has 208 valence electrons. The van der Waals surface area contributed by atoms with Gasteiger partial charge in [0.15, 0.2) is 31.5 Å². The number of ketones is 1. The van der Waals surface area contributed by atoms with Crippen LogP contribution in [-0.2, 0) is 30.2 Å². The van der Waals surface area contributed by atoms with E-state index in [0.717, 1.165) is 30.5 Å². The summed E-state index contributed by atoms with van der Waals surface area (Å²) in [6, 6.07) is 5.70. The summed E-state index contributed by atoms with van der Waals surface area (Å²) >= 11 is 0. The van der Waals surface area contributed by atoms with E-state index in [2.05, 4.69) is 22.1 Å². The lowest BCUT2D eigenvalue weighted by Crippen LogP contribution is -2.55. The summed E-state index contributed by atoms with van der Waals surface area (Å²) in [4.78, 5) is 16.9. The Balaban J connectivity index is 1.86. The van der Waals surface area contributed by atoms with Crippen molar-refractivity contribution < 1.29 is 35.1 Å². The van der Waals surface area contributed by atoms with E-state index >= 15 is 8.78 Å². The molecule has 1 saturated carbocycles. The highest BCUT2D eigenvalue weighted by molar-refractivity contribution is 7.91. The van der Waals surface area contributed by atoms with Gasteiger partial charge in [0.1, 0.15) is 5.75 Å². The number of hydrogen-bond donors (Lipinski definition) is 1. The summed E-state index contributed by atoms with van der Waals surface area (Å²) in [7, 11) is -7.57. The van der Waals surface area contributed by atoms with E-state index in [4.69, 9.17) is 4.74 Å². The maximum Gasteiger partial charge on any atom is 0.425 e. The number of Topliss-reactive ketones (excluding diaryl/α,β-unsaturated/α-hetero) is 1. The standard InChI is InChI=1S/C26H27F2N3O6S2/c1-3-5-24(26(27,28)37-20-7-9-21(10-8-20)38(2,33)34)31-22(23(32)14-25(18-29)11-12-25)17-39(35,36)16-19-6-4-13-30-15-19/h4,6-10,13,15,22,24,31H,11-12,14,16-17H2,1-2H3/t22-,24-/m0/s1. The highest BCUT2D eigenvalue weighted by Crippen LogP contribution is 2.48. The number of aromatic nitrogens is 1. The third kappa shape index (κ3) is 8.55. The van der Waals surface area contributed by atoms with Crippen LogP contribution >= 0.6 is 0 Å². The Morgan fingerprint density at radius 1 is 1.21 bits per heavy atom. The highest BCUT2D eigenvalue weighted by atomic mass is 32.2. The van der Waals surface area contributed by atoms with Crippen molar-refractivity contribution in [2.24, 2.45) is 5.41 Å². The van der Waals surface area contributed by atoms with E-state index < -0.39 is 60.6 Å². The van der Waals surface area contributed by atoms with E-state index in [9.17, 15) is 26.9 Å². The fourth-order valence-corrected chi connectivity index (χ4v) is 5.98. The van der Waals surface area contributed by atoms with Crippen molar-refractivity contribution in [3.8, 4) is 23.7 Å². The number of pyridine rings is 1. The maximum atomic E-state index is 15.3. The molecule has 1 heterocycles. The zero-order valence-corrected chi connectivity index (χ0v) is 22.9. The molecule has 13 heteroatoms. The molecule has 1 N–H and O–H groups in total. The molecule has 1 aromatic carbocycles. The van der Waals surface area contributed by atoms with E-state index in [-0.39, 0.29) is 17.1 Å². The Kier molecular flexibility index (Phi) is 9.11. The van der Waals surface area contributed by atoms with Crippen LogP contribution in [0, 0.1) is 28.6 Å². The average molecular weight is 580 g/mol. The second kappa shape index (κ2) is 11.8. The van der Waals surface area contributed by atoms with E-state index in [1.165, 1.54) is 25.4 Å². The van der Waals surface area contributed by atoms with Crippen molar-refractivity contribution in [1.29, 1.82) is 5.26 Å². The molecule has 3 rings (SSSR count). The molecule has 1 aromatic heterocycles. The van der Waals surface area contributed by atoms with Gasteiger partial charge in [-0.25, -0.2) is 16.8 Å². The van der Waals surface area contributed by atoms with Crippen LogP contribution < -0.4 is 10.1 Å². The van der Waals surface area contributed by atoms with Crippen molar-refractivity contribution in [1.82, 2.24) is 10.3 Å². The van der Waals surface area contributed by atoms with Gasteiger partial charge in [0.2, 0.25) is 0 Å². The smallest absolute Gasteiger partial charge is 0.425 e. The van der Waals surface area contributed by atoms with Crippen LogP contribution in [0.5, 0.6) is 5.75 Å². The Morgan fingerprint density at radius 3 is 2.38 bits per heavy atom. The Bertz CT molecular complexity index is 1510. The Labute approximate surface area is 226 Å². The van der Waals surface area contributed by atoms with Crippen LogP contribution in [0.25, 0.3) is 0 Å². The monoisotopic (exact) mass is 579 g/mol. The van der Waals surface area contributed by atoms with Gasteiger partial charge in [-0.1, -0.05) is 12.0 Å². The second-order valence-electron chi connectivity index (χ2n) is 9.41. The van der Waals surface area contributed by atoms with Crippen molar-refractivity contribution in [2.75, 3.05) is 12.0 Å². The Hall–Kier alpha value is -3.39. The number of sulfone groups is 2. The molecular weight excluding hydrogens is 552 g/mol. The van der Waals surface area contributed by atoms with Crippen molar-refractivity contribution in [3.63, 3.8) is 0 Å². The molecule has 1 fully saturated rings. The summed E-state index contributed by atoms with van der Waals surface area (Å²) in [5, 5.41) is 11.8. The first-order chi connectivity index (χ1) is 18.2. The van der Waals surface area contributed by atoms with E-state index in [1.54, 1.807) is 6.07 Å². The number of nitrogens with zero attached hydrogens (tertiary/aromatic N) is 2. The van der Waals surface area contributed by atoms with Crippen LogP contribution in [0.3, 0.4) is 0 Å². The van der Waals surface area contributed by atoms with Crippen molar-refractivity contribution >= 4 is 25.5 Å². The van der Waals surface area contributed by atoms with Gasteiger partial charge < -0.3 is 4.74 Å². The number of nitrogens with one attached hydrogen (secondary N) is 1. The molecule has 0 unspecified atom stereocenters. The lowest BCUT2D eigenvalue weighted by Gasteiger charge is -2.28. The summed E-state index contributed by atoms with van der Waals surface area (Å²) in [5.74, 6) is 2.21. The van der Waals surface area contributed by atoms with Gasteiger partial charge in [-0.3, -0.25) is 15.1 Å². The minimum Gasteiger partial charge on any atom is -0.431 e. The van der Waals surface area contributed by atoms with Crippen LogP contribution in [0.1, 0.15) is 31.7 Å². The summed E-state index contributed by atoms with van der Waals surface area (Å²) < 4.78 is 84.6. The molecule has 0 amide bonds. The number of alkyl halides is 2. The zero-order chi connectivity index (χ0) is 28.9. The molecule has 0 spiro atoms. The molecule has 2 atom stereocenters. The number of ether oxygens (including phenoxy) is 1. The van der Waals surface area contributed by atoms with Crippen LogP contribution in [0.2, 0.25) is 0 Å². The number of benzene rings is 1. The first-order valence-corrected chi connectivity index (χ1v) is 15.5. The van der Waals surface area contributed by atoms with Gasteiger partial charge in [0.25, 0.3) is 0 Å². The lowest BCUT2D eigenvalue weighted by molar-refractivity contribution is -0.188. The van der Waals surface area contributed by atoms with Crippen LogP contribution in [0.15, 0.2) is 53.7 Å². The minimum absolute atomic E-state index is 0.0998. The number of carbonyl (C=O) groups excluding carboxylic acids is 1. The number of nitriles is 1. The third-order valence-electron chi connectivity index (χ3n) is 6.02. The van der Waals surface area contributed by atoms with Gasteiger partial charge in [0.05, 0.1) is 33.9 Å². The fraction of sp³-hybridized carbons (Fsp3) is 0.423. The third-order valence-corrected chi connectivity index (χ3v) is 8.76. The number of halogens is 2. The van der Waals surface area contributed by atoms with Gasteiger partial charge in [-0.2, -0.15) is 14.0 Å². The highest BCUT2D eigenvalue weighted by Gasteiger charge is 2.48. The number of carbonyl (C=O) groups is 1. The predicted octanol–water partition coefficient (Wildman–Crippen LogP) is 2.68. The van der Waals surface area contributed by atoms with Gasteiger partial charge in [-0.15, -0.1) is 5.92 Å². The summed E-state index contributed by atoms with van der Waals surface area (Å²) in [6.45, 7) is 1.29.